The zero-order valence-corrected chi connectivity index (χ0v) is 10.1. The molecule has 15 heavy (non-hydrogen) atoms. The molecule has 0 amide bonds. The summed E-state index contributed by atoms with van der Waals surface area (Å²) in [6, 6.07) is 0.649. The molecule has 0 saturated heterocycles. The lowest BCUT2D eigenvalue weighted by atomic mass is 10.1. The molecule has 3 rings (SSSR count). The molecule has 0 aliphatic heterocycles. The van der Waals surface area contributed by atoms with E-state index in [2.05, 4.69) is 31.2 Å². The molecule has 0 bridgehead atoms. The van der Waals surface area contributed by atoms with Crippen LogP contribution in [0.2, 0.25) is 0 Å². The fraction of sp³-hybridized carbons (Fsp3) is 0.636. The maximum Gasteiger partial charge on any atom is 0.143 e. The van der Waals surface area contributed by atoms with Gasteiger partial charge in [-0.2, -0.15) is 0 Å². The molecule has 0 spiro atoms. The molecule has 0 atom stereocenters. The van der Waals surface area contributed by atoms with E-state index in [1.54, 1.807) is 12.5 Å². The molecule has 0 aromatic carbocycles. The van der Waals surface area contributed by atoms with E-state index < -0.39 is 0 Å². The summed E-state index contributed by atoms with van der Waals surface area (Å²) in [4.78, 5) is 8.24. The van der Waals surface area contributed by atoms with Gasteiger partial charge in [0.1, 0.15) is 12.1 Å². The topological polar surface area (TPSA) is 37.8 Å². The van der Waals surface area contributed by atoms with Crippen LogP contribution >= 0.6 is 15.9 Å². The molecule has 2 saturated carbocycles. The van der Waals surface area contributed by atoms with E-state index >= 15 is 0 Å². The van der Waals surface area contributed by atoms with Crippen LogP contribution in [0.15, 0.2) is 17.0 Å². The molecular weight excluding hydrogens is 254 g/mol. The van der Waals surface area contributed by atoms with E-state index in [9.17, 15) is 0 Å². The number of hydrogen-bond donors (Lipinski definition) is 1. The smallest absolute Gasteiger partial charge is 0.143 e. The zero-order valence-electron chi connectivity index (χ0n) is 8.49. The second kappa shape index (κ2) is 3.74. The first kappa shape index (κ1) is 9.58. The zero-order chi connectivity index (χ0) is 10.3. The third-order valence-corrected chi connectivity index (χ3v) is 3.81. The largest absolute Gasteiger partial charge is 0.366 e. The van der Waals surface area contributed by atoms with Gasteiger partial charge in [-0.05, 0) is 53.4 Å². The minimum atomic E-state index is 0.649. The fourth-order valence-corrected chi connectivity index (χ4v) is 2.44. The molecule has 80 valence electrons. The summed E-state index contributed by atoms with van der Waals surface area (Å²) in [6.45, 7) is 0. The van der Waals surface area contributed by atoms with Gasteiger partial charge in [-0.3, -0.25) is 0 Å². The van der Waals surface area contributed by atoms with Gasteiger partial charge in [0.2, 0.25) is 0 Å². The predicted octanol–water partition coefficient (Wildman–Crippen LogP) is 2.84. The second-order valence-corrected chi connectivity index (χ2v) is 5.42. The van der Waals surface area contributed by atoms with Crippen molar-refractivity contribution in [3.05, 3.63) is 17.0 Å². The molecule has 1 aromatic rings. The molecule has 0 radical (unpaired) electrons. The van der Waals surface area contributed by atoms with Gasteiger partial charge in [0.25, 0.3) is 0 Å². The normalized spacial score (nSPS) is 20.7. The molecule has 1 heterocycles. The fourth-order valence-electron chi connectivity index (χ4n) is 2.11. The Balaban J connectivity index is 1.74. The van der Waals surface area contributed by atoms with Gasteiger partial charge < -0.3 is 5.32 Å². The Morgan fingerprint density at radius 3 is 2.47 bits per heavy atom. The van der Waals surface area contributed by atoms with E-state index in [-0.39, 0.29) is 0 Å². The minimum Gasteiger partial charge on any atom is -0.366 e. The highest BCUT2D eigenvalue weighted by Gasteiger charge is 2.41. The van der Waals surface area contributed by atoms with Crippen molar-refractivity contribution in [3.63, 3.8) is 0 Å². The van der Waals surface area contributed by atoms with Crippen molar-refractivity contribution < 1.29 is 0 Å². The van der Waals surface area contributed by atoms with Gasteiger partial charge in [-0.15, -0.1) is 0 Å². The van der Waals surface area contributed by atoms with Crippen molar-refractivity contribution >= 4 is 21.7 Å². The summed E-state index contributed by atoms with van der Waals surface area (Å²) >= 11 is 3.48. The lowest BCUT2D eigenvalue weighted by molar-refractivity contribution is 0.565. The first-order chi connectivity index (χ1) is 7.34. The van der Waals surface area contributed by atoms with Crippen molar-refractivity contribution in [3.8, 4) is 0 Å². The van der Waals surface area contributed by atoms with Crippen LogP contribution in [-0.2, 0) is 0 Å². The summed E-state index contributed by atoms with van der Waals surface area (Å²) < 4.78 is 0.969. The van der Waals surface area contributed by atoms with Crippen LogP contribution in [0.4, 0.5) is 5.82 Å². The van der Waals surface area contributed by atoms with E-state index in [0.717, 1.165) is 22.1 Å². The Kier molecular flexibility index (Phi) is 2.39. The van der Waals surface area contributed by atoms with Crippen LogP contribution in [0.1, 0.15) is 25.7 Å². The Hall–Kier alpha value is -0.640. The average molecular weight is 268 g/mol. The lowest BCUT2D eigenvalue weighted by Gasteiger charge is -2.18. The molecule has 4 heteroatoms. The van der Waals surface area contributed by atoms with E-state index in [4.69, 9.17) is 0 Å². The number of anilines is 1. The van der Waals surface area contributed by atoms with E-state index in [1.807, 2.05) is 0 Å². The van der Waals surface area contributed by atoms with Crippen LogP contribution < -0.4 is 5.32 Å². The first-order valence-corrected chi connectivity index (χ1v) is 6.36. The molecule has 1 N–H and O–H groups in total. The molecular formula is C11H14BrN3. The average Bonchev–Trinajstić information content (AvgIpc) is 3.10. The highest BCUT2D eigenvalue weighted by Crippen LogP contribution is 2.46. The van der Waals surface area contributed by atoms with Gasteiger partial charge in [0, 0.05) is 12.2 Å². The highest BCUT2D eigenvalue weighted by atomic mass is 79.9. The Morgan fingerprint density at radius 1 is 1.27 bits per heavy atom. The second-order valence-electron chi connectivity index (χ2n) is 4.56. The van der Waals surface area contributed by atoms with Crippen molar-refractivity contribution in [2.75, 3.05) is 5.32 Å². The Labute approximate surface area is 97.8 Å². The van der Waals surface area contributed by atoms with Gasteiger partial charge in [0.05, 0.1) is 4.47 Å². The number of aromatic nitrogens is 2. The van der Waals surface area contributed by atoms with Crippen molar-refractivity contribution in [2.45, 2.75) is 31.7 Å². The summed E-state index contributed by atoms with van der Waals surface area (Å²) in [6.07, 6.45) is 8.94. The number of nitrogens with one attached hydrogen (secondary N) is 1. The quantitative estimate of drug-likeness (QED) is 0.912. The van der Waals surface area contributed by atoms with Gasteiger partial charge in [0.15, 0.2) is 0 Å². The summed E-state index contributed by atoms with van der Waals surface area (Å²) in [5.74, 6) is 2.73. The van der Waals surface area contributed by atoms with Crippen LogP contribution in [0.3, 0.4) is 0 Å². The third-order valence-electron chi connectivity index (χ3n) is 3.23. The number of rotatable bonds is 4. The minimum absolute atomic E-state index is 0.649. The standard InChI is InChI=1S/C11H14BrN3/c12-9-5-13-6-14-11(9)15-10(7-1-2-7)8-3-4-8/h5-8,10H,1-4H2,(H,13,14,15). The van der Waals surface area contributed by atoms with Crippen LogP contribution in [0.5, 0.6) is 0 Å². The van der Waals surface area contributed by atoms with E-state index in [0.29, 0.717) is 6.04 Å². The van der Waals surface area contributed by atoms with Gasteiger partial charge >= 0.3 is 0 Å². The molecule has 2 aliphatic carbocycles. The summed E-state index contributed by atoms with van der Waals surface area (Å²) in [7, 11) is 0. The molecule has 0 unspecified atom stereocenters. The predicted molar refractivity (Wildman–Crippen MR) is 62.6 cm³/mol. The highest BCUT2D eigenvalue weighted by molar-refractivity contribution is 9.10. The maximum absolute atomic E-state index is 4.27. The monoisotopic (exact) mass is 267 g/mol. The first-order valence-electron chi connectivity index (χ1n) is 5.56. The number of nitrogens with zero attached hydrogens (tertiary/aromatic N) is 2. The molecule has 1 aromatic heterocycles. The molecule has 2 aliphatic rings. The molecule has 3 nitrogen and oxygen atoms in total. The maximum atomic E-state index is 4.27. The third kappa shape index (κ3) is 2.14. The number of hydrogen-bond acceptors (Lipinski definition) is 3. The molecule has 2 fully saturated rings. The van der Waals surface area contributed by atoms with Gasteiger partial charge in [-0.1, -0.05) is 0 Å². The van der Waals surface area contributed by atoms with Crippen LogP contribution in [0.25, 0.3) is 0 Å². The summed E-state index contributed by atoms with van der Waals surface area (Å²) in [5.41, 5.74) is 0. The van der Waals surface area contributed by atoms with Crippen LogP contribution in [0, 0.1) is 11.8 Å². The van der Waals surface area contributed by atoms with Crippen molar-refractivity contribution in [1.82, 2.24) is 9.97 Å². The summed E-state index contributed by atoms with van der Waals surface area (Å²) in [5, 5.41) is 3.57. The van der Waals surface area contributed by atoms with Crippen molar-refractivity contribution in [2.24, 2.45) is 11.8 Å². The van der Waals surface area contributed by atoms with Crippen molar-refractivity contribution in [1.29, 1.82) is 0 Å². The van der Waals surface area contributed by atoms with E-state index in [1.165, 1.54) is 25.7 Å². The van der Waals surface area contributed by atoms with Gasteiger partial charge in [-0.25, -0.2) is 9.97 Å². The lowest BCUT2D eigenvalue weighted by Crippen LogP contribution is -2.25. The number of halogens is 1. The Morgan fingerprint density at radius 2 is 1.93 bits per heavy atom. The van der Waals surface area contributed by atoms with Crippen LogP contribution in [-0.4, -0.2) is 16.0 Å². The SMILES string of the molecule is Brc1cncnc1NC(C1CC1)C1CC1. The Bertz CT molecular complexity index is 349.